The molecule has 10 heteroatoms. The van der Waals surface area contributed by atoms with Gasteiger partial charge in [0.1, 0.15) is 13.2 Å². The van der Waals surface area contributed by atoms with E-state index in [0.29, 0.717) is 53.6 Å². The second kappa shape index (κ2) is 9.61. The second-order valence-electron chi connectivity index (χ2n) is 7.97. The summed E-state index contributed by atoms with van der Waals surface area (Å²) in [6.07, 6.45) is 0. The van der Waals surface area contributed by atoms with E-state index < -0.39 is 10.0 Å². The zero-order chi connectivity index (χ0) is 24.4. The van der Waals surface area contributed by atoms with Crippen LogP contribution in [0, 0.1) is 0 Å². The third kappa shape index (κ3) is 4.97. The minimum atomic E-state index is -3.83. The predicted octanol–water partition coefficient (Wildman–Crippen LogP) is 4.04. The maximum Gasteiger partial charge on any atom is 0.240 e. The molecular formula is C25H22ClN3O5S. The largest absolute Gasteiger partial charge is 0.486 e. The lowest BCUT2D eigenvalue weighted by molar-refractivity contribution is 0.170. The molecule has 2 heterocycles. The third-order valence-corrected chi connectivity index (χ3v) is 7.33. The fraction of sp³-hybridized carbons (Fsp3) is 0.160. The SMILES string of the molecule is O=c1cc(CNc2ccc(S(=O)(=O)NCc3cccc4c3OCCO4)cc2Cl)[nH]c2ccccc12. The molecule has 3 aromatic carbocycles. The molecule has 0 fully saturated rings. The molecule has 3 N–H and O–H groups in total. The lowest BCUT2D eigenvalue weighted by Gasteiger charge is -2.21. The van der Waals surface area contributed by atoms with Crippen LogP contribution in [0.5, 0.6) is 11.5 Å². The number of halogens is 1. The number of hydrogen-bond donors (Lipinski definition) is 3. The van der Waals surface area contributed by atoms with E-state index in [2.05, 4.69) is 15.0 Å². The number of aromatic amines is 1. The summed E-state index contributed by atoms with van der Waals surface area (Å²) in [7, 11) is -3.83. The van der Waals surface area contributed by atoms with Gasteiger partial charge in [-0.25, -0.2) is 13.1 Å². The minimum Gasteiger partial charge on any atom is -0.486 e. The summed E-state index contributed by atoms with van der Waals surface area (Å²) in [5.41, 5.74) is 2.57. The van der Waals surface area contributed by atoms with Crippen molar-refractivity contribution in [3.05, 3.63) is 93.2 Å². The molecule has 0 aliphatic carbocycles. The first kappa shape index (κ1) is 23.2. The van der Waals surface area contributed by atoms with E-state index in [1.807, 2.05) is 18.2 Å². The van der Waals surface area contributed by atoms with Gasteiger partial charge >= 0.3 is 0 Å². The number of pyridine rings is 1. The first-order chi connectivity index (χ1) is 16.9. The number of aromatic nitrogens is 1. The fourth-order valence-corrected chi connectivity index (χ4v) is 5.22. The third-order valence-electron chi connectivity index (χ3n) is 5.61. The first-order valence-corrected chi connectivity index (χ1v) is 12.8. The molecule has 0 unspecified atom stereocenters. The van der Waals surface area contributed by atoms with Crippen molar-refractivity contribution in [1.82, 2.24) is 9.71 Å². The molecule has 180 valence electrons. The van der Waals surface area contributed by atoms with Crippen LogP contribution in [0.15, 0.2) is 76.4 Å². The van der Waals surface area contributed by atoms with Gasteiger partial charge in [-0.2, -0.15) is 0 Å². The maximum absolute atomic E-state index is 12.9. The summed E-state index contributed by atoms with van der Waals surface area (Å²) in [6, 6.07) is 18.6. The highest BCUT2D eigenvalue weighted by molar-refractivity contribution is 7.89. The van der Waals surface area contributed by atoms with Crippen LogP contribution in [0.1, 0.15) is 11.3 Å². The van der Waals surface area contributed by atoms with E-state index in [0.717, 1.165) is 5.52 Å². The van der Waals surface area contributed by atoms with Gasteiger partial charge in [0.05, 0.1) is 22.2 Å². The van der Waals surface area contributed by atoms with E-state index >= 15 is 0 Å². The average Bonchev–Trinajstić information content (AvgIpc) is 2.87. The molecule has 0 bridgehead atoms. The Morgan fingerprint density at radius 1 is 0.943 bits per heavy atom. The van der Waals surface area contributed by atoms with Gasteiger partial charge in [-0.3, -0.25) is 4.79 Å². The Balaban J connectivity index is 1.28. The summed E-state index contributed by atoms with van der Waals surface area (Å²) >= 11 is 6.38. The van der Waals surface area contributed by atoms with Crippen LogP contribution in [0.2, 0.25) is 5.02 Å². The van der Waals surface area contributed by atoms with Crippen molar-refractivity contribution in [2.24, 2.45) is 0 Å². The number of sulfonamides is 1. The molecule has 1 aromatic heterocycles. The van der Waals surface area contributed by atoms with Crippen molar-refractivity contribution in [2.75, 3.05) is 18.5 Å². The van der Waals surface area contributed by atoms with Crippen LogP contribution in [0.3, 0.4) is 0 Å². The molecule has 0 atom stereocenters. The summed E-state index contributed by atoms with van der Waals surface area (Å²) in [6.45, 7) is 1.22. The summed E-state index contributed by atoms with van der Waals surface area (Å²) in [5, 5.41) is 4.00. The van der Waals surface area contributed by atoms with Crippen LogP contribution in [-0.4, -0.2) is 26.6 Å². The second-order valence-corrected chi connectivity index (χ2v) is 10.1. The predicted molar refractivity (Wildman–Crippen MR) is 135 cm³/mol. The Hall–Kier alpha value is -3.53. The number of fused-ring (bicyclic) bond motifs is 2. The maximum atomic E-state index is 12.9. The lowest BCUT2D eigenvalue weighted by atomic mass is 10.2. The topological polar surface area (TPSA) is 110 Å². The number of nitrogens with one attached hydrogen (secondary N) is 3. The Morgan fingerprint density at radius 3 is 2.63 bits per heavy atom. The van der Waals surface area contributed by atoms with Gasteiger partial charge in [0.2, 0.25) is 10.0 Å². The Labute approximate surface area is 206 Å². The number of H-pyrrole nitrogens is 1. The van der Waals surface area contributed by atoms with Crippen molar-refractivity contribution < 1.29 is 17.9 Å². The van der Waals surface area contributed by atoms with Crippen molar-refractivity contribution in [1.29, 1.82) is 0 Å². The van der Waals surface area contributed by atoms with Crippen LogP contribution < -0.4 is 24.9 Å². The van der Waals surface area contributed by atoms with Crippen LogP contribution in [-0.2, 0) is 23.1 Å². The molecule has 5 rings (SSSR count). The number of para-hydroxylation sites is 2. The Kier molecular flexibility index (Phi) is 6.38. The monoisotopic (exact) mass is 511 g/mol. The molecular weight excluding hydrogens is 490 g/mol. The highest BCUT2D eigenvalue weighted by atomic mass is 35.5. The molecule has 8 nitrogen and oxygen atoms in total. The van der Waals surface area contributed by atoms with Gasteiger partial charge in [-0.15, -0.1) is 0 Å². The van der Waals surface area contributed by atoms with Crippen LogP contribution in [0.25, 0.3) is 10.9 Å². The molecule has 0 amide bonds. The number of rotatable bonds is 7. The zero-order valence-corrected chi connectivity index (χ0v) is 20.1. The molecule has 0 spiro atoms. The normalized spacial score (nSPS) is 13.1. The number of ether oxygens (including phenoxy) is 2. The average molecular weight is 512 g/mol. The summed E-state index contributed by atoms with van der Waals surface area (Å²) in [4.78, 5) is 15.6. The molecule has 4 aromatic rings. The Bertz CT molecular complexity index is 1570. The molecule has 35 heavy (non-hydrogen) atoms. The van der Waals surface area contributed by atoms with E-state index in [1.54, 1.807) is 30.3 Å². The van der Waals surface area contributed by atoms with Crippen molar-refractivity contribution in [2.45, 2.75) is 18.0 Å². The van der Waals surface area contributed by atoms with Gasteiger partial charge in [0.25, 0.3) is 0 Å². The van der Waals surface area contributed by atoms with Gasteiger partial charge in [0, 0.05) is 34.8 Å². The van der Waals surface area contributed by atoms with Gasteiger partial charge in [-0.1, -0.05) is 35.9 Å². The minimum absolute atomic E-state index is 0.0362. The molecule has 1 aliphatic heterocycles. The molecule has 1 aliphatic rings. The smallest absolute Gasteiger partial charge is 0.240 e. The molecule has 0 saturated heterocycles. The van der Waals surface area contributed by atoms with Gasteiger partial charge < -0.3 is 19.8 Å². The first-order valence-electron chi connectivity index (χ1n) is 10.9. The quantitative estimate of drug-likeness (QED) is 0.345. The zero-order valence-electron chi connectivity index (χ0n) is 18.5. The highest BCUT2D eigenvalue weighted by Crippen LogP contribution is 2.34. The van der Waals surface area contributed by atoms with Gasteiger partial charge in [-0.05, 0) is 36.4 Å². The van der Waals surface area contributed by atoms with Crippen molar-refractivity contribution >= 4 is 38.2 Å². The number of hydrogen-bond acceptors (Lipinski definition) is 6. The molecule has 0 saturated carbocycles. The van der Waals surface area contributed by atoms with Gasteiger partial charge in [0.15, 0.2) is 16.9 Å². The number of benzene rings is 3. The highest BCUT2D eigenvalue weighted by Gasteiger charge is 2.20. The van der Waals surface area contributed by atoms with Crippen LogP contribution >= 0.6 is 11.6 Å². The Morgan fingerprint density at radius 2 is 1.77 bits per heavy atom. The van der Waals surface area contributed by atoms with E-state index in [9.17, 15) is 13.2 Å². The fourth-order valence-electron chi connectivity index (χ4n) is 3.87. The summed E-state index contributed by atoms with van der Waals surface area (Å²) < 4.78 is 39.5. The lowest BCUT2D eigenvalue weighted by Crippen LogP contribution is -2.24. The van der Waals surface area contributed by atoms with Crippen LogP contribution in [0.4, 0.5) is 5.69 Å². The summed E-state index contributed by atoms with van der Waals surface area (Å²) in [5.74, 6) is 1.14. The standard InChI is InChI=1S/C25H22ClN3O5S/c26-20-13-18(35(31,32)28-14-16-4-3-7-24-25(16)34-11-10-33-24)8-9-22(20)27-15-17-12-23(30)19-5-1-2-6-21(19)29-17/h1-9,12-13,27-28H,10-11,14-15H2,(H,29,30). The number of anilines is 1. The van der Waals surface area contributed by atoms with Crippen molar-refractivity contribution in [3.8, 4) is 11.5 Å². The van der Waals surface area contributed by atoms with Crippen molar-refractivity contribution in [3.63, 3.8) is 0 Å². The van der Waals surface area contributed by atoms with E-state index in [4.69, 9.17) is 21.1 Å². The van der Waals surface area contributed by atoms with E-state index in [-0.39, 0.29) is 21.9 Å². The van der Waals surface area contributed by atoms with E-state index in [1.165, 1.54) is 18.2 Å². The molecule has 0 radical (unpaired) electrons.